The molecule has 174 valence electrons. The van der Waals surface area contributed by atoms with Gasteiger partial charge in [-0.05, 0) is 36.1 Å². The molecule has 5 rings (SSSR count). The van der Waals surface area contributed by atoms with E-state index in [4.69, 9.17) is 24.2 Å². The average molecular weight is 452 g/mol. The summed E-state index contributed by atoms with van der Waals surface area (Å²) in [7, 11) is 3.31. The van der Waals surface area contributed by atoms with Gasteiger partial charge in [-0.15, -0.1) is 0 Å². The molecule has 0 bridgehead atoms. The van der Waals surface area contributed by atoms with Gasteiger partial charge in [-0.3, -0.25) is 9.78 Å². The van der Waals surface area contributed by atoms with Crippen LogP contribution in [0.5, 0.6) is 5.75 Å². The van der Waals surface area contributed by atoms with Crippen LogP contribution in [-0.2, 0) is 22.4 Å². The third kappa shape index (κ3) is 4.38. The van der Waals surface area contributed by atoms with Gasteiger partial charge in [-0.1, -0.05) is 6.07 Å². The second-order valence-corrected chi connectivity index (χ2v) is 8.40. The number of nitrogens with one attached hydrogen (secondary N) is 2. The Labute approximate surface area is 192 Å². The molecule has 0 aliphatic carbocycles. The highest BCUT2D eigenvalue weighted by Gasteiger charge is 2.25. The Kier molecular flexibility index (Phi) is 6.15. The van der Waals surface area contributed by atoms with E-state index < -0.39 is 0 Å². The summed E-state index contributed by atoms with van der Waals surface area (Å²) in [4.78, 5) is 27.9. The molecule has 2 aliphatic rings. The molecule has 0 saturated carbocycles. The highest BCUT2D eigenvalue weighted by Crippen LogP contribution is 2.35. The summed E-state index contributed by atoms with van der Waals surface area (Å²) in [5.41, 5.74) is 3.53. The van der Waals surface area contributed by atoms with Crippen LogP contribution in [0.15, 0.2) is 29.1 Å². The van der Waals surface area contributed by atoms with Gasteiger partial charge in [-0.25, -0.2) is 9.97 Å². The number of ether oxygens (including phenoxy) is 3. The number of H-pyrrole nitrogens is 1. The molecule has 2 aliphatic heterocycles. The van der Waals surface area contributed by atoms with Gasteiger partial charge in [0.05, 0.1) is 30.7 Å². The van der Waals surface area contributed by atoms with E-state index >= 15 is 0 Å². The lowest BCUT2D eigenvalue weighted by Crippen LogP contribution is -2.33. The Morgan fingerprint density at radius 3 is 2.97 bits per heavy atom. The standard InChI is InChI=1S/C24H29N5O4/c1-31-11-8-25-21-6-5-15-14-29(9-7-18(15)26-21)24-27-19-13-16(32-2)12-17(20-4-3-10-33-20)22(19)23(30)28-24/h5-6,12-13,20H,3-4,7-11,14H2,1-2H3,(H,25,26)(H,27,28,30). The zero-order valence-corrected chi connectivity index (χ0v) is 19.0. The van der Waals surface area contributed by atoms with Crippen LogP contribution in [0.1, 0.15) is 35.8 Å². The summed E-state index contributed by atoms with van der Waals surface area (Å²) < 4.78 is 16.4. The first-order chi connectivity index (χ1) is 16.2. The van der Waals surface area contributed by atoms with Crippen LogP contribution in [0, 0.1) is 0 Å². The van der Waals surface area contributed by atoms with E-state index in [1.54, 1.807) is 14.2 Å². The van der Waals surface area contributed by atoms with Crippen molar-refractivity contribution >= 4 is 22.7 Å². The molecule has 2 N–H and O–H groups in total. The zero-order chi connectivity index (χ0) is 22.8. The smallest absolute Gasteiger partial charge is 0.260 e. The molecule has 0 radical (unpaired) electrons. The number of aromatic nitrogens is 3. The van der Waals surface area contributed by atoms with E-state index in [-0.39, 0.29) is 11.7 Å². The van der Waals surface area contributed by atoms with Crippen molar-refractivity contribution in [2.24, 2.45) is 0 Å². The average Bonchev–Trinajstić information content (AvgIpc) is 3.38. The maximum atomic E-state index is 13.2. The van der Waals surface area contributed by atoms with Crippen molar-refractivity contribution in [3.05, 3.63) is 51.4 Å². The van der Waals surface area contributed by atoms with Crippen molar-refractivity contribution in [2.45, 2.75) is 31.9 Å². The van der Waals surface area contributed by atoms with Crippen molar-refractivity contribution in [1.29, 1.82) is 0 Å². The molecule has 9 heteroatoms. The summed E-state index contributed by atoms with van der Waals surface area (Å²) >= 11 is 0. The van der Waals surface area contributed by atoms with Crippen molar-refractivity contribution in [3.8, 4) is 5.75 Å². The van der Waals surface area contributed by atoms with Gasteiger partial charge in [0, 0.05) is 51.5 Å². The molecule has 0 spiro atoms. The van der Waals surface area contributed by atoms with Crippen molar-refractivity contribution in [2.75, 3.05) is 50.7 Å². The van der Waals surface area contributed by atoms with Gasteiger partial charge in [0.2, 0.25) is 5.95 Å². The number of aromatic amines is 1. The molecular formula is C24H29N5O4. The van der Waals surface area contributed by atoms with Crippen molar-refractivity contribution in [3.63, 3.8) is 0 Å². The van der Waals surface area contributed by atoms with E-state index in [0.717, 1.165) is 48.4 Å². The predicted molar refractivity (Wildman–Crippen MR) is 126 cm³/mol. The van der Waals surface area contributed by atoms with E-state index in [1.165, 1.54) is 0 Å². The number of benzene rings is 1. The van der Waals surface area contributed by atoms with Crippen molar-refractivity contribution < 1.29 is 14.2 Å². The molecular weight excluding hydrogens is 422 g/mol. The zero-order valence-electron chi connectivity index (χ0n) is 19.0. The second kappa shape index (κ2) is 9.36. The Bertz CT molecular complexity index is 1210. The number of nitrogens with zero attached hydrogens (tertiary/aromatic N) is 3. The van der Waals surface area contributed by atoms with Gasteiger partial charge in [0.15, 0.2) is 0 Å². The van der Waals surface area contributed by atoms with E-state index in [0.29, 0.717) is 48.9 Å². The first-order valence-electron chi connectivity index (χ1n) is 11.4. The maximum Gasteiger partial charge on any atom is 0.260 e. The molecule has 1 unspecified atom stereocenters. The second-order valence-electron chi connectivity index (χ2n) is 8.40. The fourth-order valence-electron chi connectivity index (χ4n) is 4.58. The van der Waals surface area contributed by atoms with Crippen molar-refractivity contribution in [1.82, 2.24) is 15.0 Å². The Morgan fingerprint density at radius 2 is 2.18 bits per heavy atom. The number of rotatable bonds is 7. The highest BCUT2D eigenvalue weighted by molar-refractivity contribution is 5.84. The third-order valence-electron chi connectivity index (χ3n) is 6.27. The molecule has 3 aromatic rings. The maximum absolute atomic E-state index is 13.2. The summed E-state index contributed by atoms with van der Waals surface area (Å²) in [6.07, 6.45) is 2.55. The number of pyridine rings is 1. The topological polar surface area (TPSA) is 102 Å². The largest absolute Gasteiger partial charge is 0.497 e. The van der Waals surface area contributed by atoms with Crippen LogP contribution < -0.4 is 20.5 Å². The molecule has 2 aromatic heterocycles. The molecule has 4 heterocycles. The normalized spacial score (nSPS) is 17.9. The lowest BCUT2D eigenvalue weighted by atomic mass is 10.0. The number of fused-ring (bicyclic) bond motifs is 2. The first kappa shape index (κ1) is 21.7. The molecule has 1 aromatic carbocycles. The fraction of sp³-hybridized carbons (Fsp3) is 0.458. The first-order valence-corrected chi connectivity index (χ1v) is 11.4. The van der Waals surface area contributed by atoms with Crippen LogP contribution >= 0.6 is 0 Å². The third-order valence-corrected chi connectivity index (χ3v) is 6.27. The molecule has 1 saturated heterocycles. The predicted octanol–water partition coefficient (Wildman–Crippen LogP) is 2.80. The quantitative estimate of drug-likeness (QED) is 0.529. The Morgan fingerprint density at radius 1 is 1.27 bits per heavy atom. The van der Waals surface area contributed by atoms with Gasteiger partial charge < -0.3 is 24.4 Å². The van der Waals surface area contributed by atoms with E-state index in [1.807, 2.05) is 18.2 Å². The van der Waals surface area contributed by atoms with Crippen LogP contribution in [0.2, 0.25) is 0 Å². The molecule has 1 fully saturated rings. The fourth-order valence-corrected chi connectivity index (χ4v) is 4.58. The van der Waals surface area contributed by atoms with Gasteiger partial charge in [-0.2, -0.15) is 0 Å². The minimum absolute atomic E-state index is 0.101. The summed E-state index contributed by atoms with van der Waals surface area (Å²) in [5.74, 6) is 2.09. The number of hydrogen-bond donors (Lipinski definition) is 2. The van der Waals surface area contributed by atoms with E-state index in [9.17, 15) is 4.79 Å². The Hall–Kier alpha value is -3.17. The van der Waals surface area contributed by atoms with Crippen LogP contribution in [0.3, 0.4) is 0 Å². The number of hydrogen-bond acceptors (Lipinski definition) is 8. The monoisotopic (exact) mass is 451 g/mol. The number of methoxy groups -OCH3 is 2. The van der Waals surface area contributed by atoms with Crippen LogP contribution in [-0.4, -0.2) is 55.5 Å². The summed E-state index contributed by atoms with van der Waals surface area (Å²) in [6, 6.07) is 7.79. The summed E-state index contributed by atoms with van der Waals surface area (Å²) in [6.45, 7) is 3.41. The SMILES string of the molecule is COCCNc1ccc2c(n1)CCN(c1nc3cc(OC)cc(C4CCCO4)c3c(=O)[nH]1)C2. The molecule has 1 atom stereocenters. The molecule has 0 amide bonds. The van der Waals surface area contributed by atoms with Crippen LogP contribution in [0.25, 0.3) is 10.9 Å². The minimum Gasteiger partial charge on any atom is -0.497 e. The van der Waals surface area contributed by atoms with Gasteiger partial charge in [0.25, 0.3) is 5.56 Å². The van der Waals surface area contributed by atoms with Crippen LogP contribution in [0.4, 0.5) is 11.8 Å². The van der Waals surface area contributed by atoms with Gasteiger partial charge in [0.1, 0.15) is 11.6 Å². The summed E-state index contributed by atoms with van der Waals surface area (Å²) in [5, 5.41) is 3.85. The molecule has 9 nitrogen and oxygen atoms in total. The van der Waals surface area contributed by atoms with E-state index in [2.05, 4.69) is 21.3 Å². The van der Waals surface area contributed by atoms with Gasteiger partial charge >= 0.3 is 0 Å². The molecule has 33 heavy (non-hydrogen) atoms. The minimum atomic E-state index is -0.148. The highest BCUT2D eigenvalue weighted by atomic mass is 16.5. The lowest BCUT2D eigenvalue weighted by molar-refractivity contribution is 0.113. The lowest BCUT2D eigenvalue weighted by Gasteiger charge is -2.29. The number of anilines is 2. The Balaban J connectivity index is 1.44.